The van der Waals surface area contributed by atoms with Crippen LogP contribution in [0.3, 0.4) is 0 Å². The number of pyridine rings is 1. The fourth-order valence-corrected chi connectivity index (χ4v) is 3.07. The van der Waals surface area contributed by atoms with Crippen LogP contribution in [-0.4, -0.2) is 28.0 Å². The van der Waals surface area contributed by atoms with Crippen molar-refractivity contribution in [1.29, 1.82) is 0 Å². The summed E-state index contributed by atoms with van der Waals surface area (Å²) in [7, 11) is 0. The average molecular weight is 282 g/mol. The first-order chi connectivity index (χ1) is 10.3. The van der Waals surface area contributed by atoms with Gasteiger partial charge in [-0.25, -0.2) is 9.97 Å². The number of rotatable bonds is 3. The van der Waals surface area contributed by atoms with Crippen molar-refractivity contribution >= 4 is 5.82 Å². The Bertz CT molecular complexity index is 589. The van der Waals surface area contributed by atoms with Gasteiger partial charge in [0.2, 0.25) is 0 Å². The molecule has 4 nitrogen and oxygen atoms in total. The molecule has 0 aliphatic carbocycles. The topological polar surface area (TPSA) is 41.9 Å². The van der Waals surface area contributed by atoms with Crippen LogP contribution in [0.25, 0.3) is 0 Å². The molecule has 0 amide bonds. The number of hydrogen-bond acceptors (Lipinski definition) is 4. The molecule has 0 unspecified atom stereocenters. The predicted octanol–water partition coefficient (Wildman–Crippen LogP) is 3.13. The molecular formula is C17H22N4. The van der Waals surface area contributed by atoms with Gasteiger partial charge in [-0.1, -0.05) is 6.92 Å². The van der Waals surface area contributed by atoms with Crippen molar-refractivity contribution in [2.75, 3.05) is 18.0 Å². The first kappa shape index (κ1) is 14.0. The summed E-state index contributed by atoms with van der Waals surface area (Å²) in [5.41, 5.74) is 2.67. The fourth-order valence-electron chi connectivity index (χ4n) is 3.07. The molecule has 1 fully saturated rings. The third kappa shape index (κ3) is 3.04. The van der Waals surface area contributed by atoms with Gasteiger partial charge in [0.25, 0.3) is 0 Å². The molecule has 2 aromatic heterocycles. The smallest absolute Gasteiger partial charge is 0.135 e. The normalized spacial score (nSPS) is 16.2. The highest BCUT2D eigenvalue weighted by atomic mass is 15.2. The van der Waals surface area contributed by atoms with Crippen LogP contribution in [0.4, 0.5) is 5.82 Å². The molecule has 0 bridgehead atoms. The lowest BCUT2D eigenvalue weighted by Gasteiger charge is -2.34. The Morgan fingerprint density at radius 1 is 1.19 bits per heavy atom. The first-order valence-corrected chi connectivity index (χ1v) is 7.75. The van der Waals surface area contributed by atoms with Gasteiger partial charge in [-0.15, -0.1) is 0 Å². The monoisotopic (exact) mass is 282 g/mol. The molecule has 0 atom stereocenters. The third-order valence-corrected chi connectivity index (χ3v) is 4.32. The van der Waals surface area contributed by atoms with Gasteiger partial charge in [0, 0.05) is 37.2 Å². The van der Waals surface area contributed by atoms with Gasteiger partial charge in [-0.05, 0) is 49.8 Å². The van der Waals surface area contributed by atoms with Crippen molar-refractivity contribution in [1.82, 2.24) is 15.0 Å². The van der Waals surface area contributed by atoms with Gasteiger partial charge in [-0.2, -0.15) is 0 Å². The molecule has 1 saturated heterocycles. The number of piperidine rings is 1. The van der Waals surface area contributed by atoms with Crippen molar-refractivity contribution in [2.45, 2.75) is 39.0 Å². The van der Waals surface area contributed by atoms with Crippen molar-refractivity contribution in [3.63, 3.8) is 0 Å². The Morgan fingerprint density at radius 3 is 2.57 bits per heavy atom. The van der Waals surface area contributed by atoms with Crippen LogP contribution in [0.2, 0.25) is 0 Å². The third-order valence-electron chi connectivity index (χ3n) is 4.32. The molecule has 2 aromatic rings. The first-order valence-electron chi connectivity index (χ1n) is 7.75. The number of nitrogens with zero attached hydrogens (tertiary/aromatic N) is 4. The summed E-state index contributed by atoms with van der Waals surface area (Å²) in [5, 5.41) is 0. The zero-order valence-corrected chi connectivity index (χ0v) is 12.8. The molecule has 21 heavy (non-hydrogen) atoms. The maximum Gasteiger partial charge on any atom is 0.135 e. The Balaban J connectivity index is 1.73. The largest absolute Gasteiger partial charge is 0.356 e. The summed E-state index contributed by atoms with van der Waals surface area (Å²) in [5.74, 6) is 2.65. The highest BCUT2D eigenvalue weighted by Gasteiger charge is 2.22. The molecule has 0 N–H and O–H groups in total. The summed E-state index contributed by atoms with van der Waals surface area (Å²) in [6.07, 6.45) is 9.11. The Labute approximate surface area is 126 Å². The number of aromatic nitrogens is 3. The number of hydrogen-bond donors (Lipinski definition) is 0. The molecule has 110 valence electrons. The van der Waals surface area contributed by atoms with E-state index in [2.05, 4.69) is 38.9 Å². The number of aryl methyl sites for hydroxylation is 2. The predicted molar refractivity (Wildman–Crippen MR) is 84.6 cm³/mol. The second kappa shape index (κ2) is 6.20. The lowest BCUT2D eigenvalue weighted by Crippen LogP contribution is -2.34. The van der Waals surface area contributed by atoms with Gasteiger partial charge in [0.05, 0.1) is 0 Å². The molecule has 0 radical (unpaired) electrons. The van der Waals surface area contributed by atoms with Crippen molar-refractivity contribution < 1.29 is 0 Å². The van der Waals surface area contributed by atoms with Gasteiger partial charge >= 0.3 is 0 Å². The molecule has 0 saturated carbocycles. The van der Waals surface area contributed by atoms with Crippen molar-refractivity contribution in [3.8, 4) is 0 Å². The van der Waals surface area contributed by atoms with Crippen LogP contribution in [0.15, 0.2) is 30.7 Å². The van der Waals surface area contributed by atoms with Crippen LogP contribution in [0, 0.1) is 6.92 Å². The lowest BCUT2D eigenvalue weighted by molar-refractivity contribution is 0.501. The van der Waals surface area contributed by atoms with E-state index in [1.807, 2.05) is 25.5 Å². The maximum atomic E-state index is 4.67. The van der Waals surface area contributed by atoms with E-state index < -0.39 is 0 Å². The molecule has 0 spiro atoms. The zero-order valence-electron chi connectivity index (χ0n) is 12.8. The van der Waals surface area contributed by atoms with Crippen LogP contribution >= 0.6 is 0 Å². The van der Waals surface area contributed by atoms with Crippen molar-refractivity contribution in [3.05, 3.63) is 47.7 Å². The number of anilines is 1. The quantitative estimate of drug-likeness (QED) is 0.867. The van der Waals surface area contributed by atoms with Crippen LogP contribution in [0.5, 0.6) is 0 Å². The molecule has 1 aliphatic rings. The summed E-state index contributed by atoms with van der Waals surface area (Å²) in [6.45, 7) is 6.26. The summed E-state index contributed by atoms with van der Waals surface area (Å²) in [6, 6.07) is 4.29. The zero-order chi connectivity index (χ0) is 14.7. The average Bonchev–Trinajstić information content (AvgIpc) is 2.56. The Hall–Kier alpha value is -1.97. The second-order valence-electron chi connectivity index (χ2n) is 5.66. The van der Waals surface area contributed by atoms with Gasteiger partial charge in [-0.3, -0.25) is 4.98 Å². The molecule has 4 heteroatoms. The van der Waals surface area contributed by atoms with E-state index in [-0.39, 0.29) is 0 Å². The minimum atomic E-state index is 0.650. The summed E-state index contributed by atoms with van der Waals surface area (Å²) in [4.78, 5) is 15.5. The van der Waals surface area contributed by atoms with E-state index in [0.29, 0.717) is 5.92 Å². The standard InChI is InChI=1S/C17H22N4/c1-3-14-12-19-13(2)20-17(14)21-10-6-16(7-11-21)15-4-8-18-9-5-15/h4-5,8-9,12,16H,3,6-7,10-11H2,1-2H3. The highest BCUT2D eigenvalue weighted by molar-refractivity contribution is 5.46. The maximum absolute atomic E-state index is 4.67. The van der Waals surface area contributed by atoms with E-state index >= 15 is 0 Å². The van der Waals surface area contributed by atoms with Crippen molar-refractivity contribution in [2.24, 2.45) is 0 Å². The minimum absolute atomic E-state index is 0.650. The fraction of sp³-hybridized carbons (Fsp3) is 0.471. The second-order valence-corrected chi connectivity index (χ2v) is 5.66. The van der Waals surface area contributed by atoms with E-state index in [9.17, 15) is 0 Å². The van der Waals surface area contributed by atoms with E-state index in [4.69, 9.17) is 0 Å². The Kier molecular flexibility index (Phi) is 4.13. The summed E-state index contributed by atoms with van der Waals surface area (Å²) >= 11 is 0. The molecule has 1 aliphatic heterocycles. The van der Waals surface area contributed by atoms with Gasteiger partial charge < -0.3 is 4.90 Å². The van der Waals surface area contributed by atoms with Gasteiger partial charge in [0.15, 0.2) is 0 Å². The van der Waals surface area contributed by atoms with E-state index in [1.54, 1.807) is 0 Å². The Morgan fingerprint density at radius 2 is 1.90 bits per heavy atom. The van der Waals surface area contributed by atoms with Crippen LogP contribution in [-0.2, 0) is 6.42 Å². The highest BCUT2D eigenvalue weighted by Crippen LogP contribution is 2.30. The molecular weight excluding hydrogens is 260 g/mol. The molecule has 3 heterocycles. The molecule has 0 aromatic carbocycles. The van der Waals surface area contributed by atoms with Crippen LogP contribution < -0.4 is 4.90 Å². The SMILES string of the molecule is CCc1cnc(C)nc1N1CCC(c2ccncc2)CC1. The summed E-state index contributed by atoms with van der Waals surface area (Å²) < 4.78 is 0. The van der Waals surface area contributed by atoms with E-state index in [0.717, 1.165) is 31.2 Å². The van der Waals surface area contributed by atoms with E-state index in [1.165, 1.54) is 24.0 Å². The minimum Gasteiger partial charge on any atom is -0.356 e. The lowest BCUT2D eigenvalue weighted by atomic mass is 9.90. The molecule has 3 rings (SSSR count). The van der Waals surface area contributed by atoms with Crippen LogP contribution in [0.1, 0.15) is 42.6 Å². The van der Waals surface area contributed by atoms with Gasteiger partial charge in [0.1, 0.15) is 11.6 Å².